The Hall–Kier alpha value is -3.41. The van der Waals surface area contributed by atoms with Gasteiger partial charge < -0.3 is 14.5 Å². The molecule has 2 heterocycles. The van der Waals surface area contributed by atoms with Gasteiger partial charge in [-0.3, -0.25) is 9.59 Å². The molecule has 6 nitrogen and oxygen atoms in total. The molecule has 0 unspecified atom stereocenters. The third-order valence-corrected chi connectivity index (χ3v) is 5.57. The number of hydrogen-bond acceptors (Lipinski definition) is 6. The second-order valence-corrected chi connectivity index (χ2v) is 7.54. The van der Waals surface area contributed by atoms with Crippen molar-refractivity contribution >= 4 is 28.3 Å². The Kier molecular flexibility index (Phi) is 4.01. The van der Waals surface area contributed by atoms with Gasteiger partial charge in [-0.25, -0.2) is 4.79 Å². The summed E-state index contributed by atoms with van der Waals surface area (Å²) in [6.45, 7) is 4.52. The summed E-state index contributed by atoms with van der Waals surface area (Å²) in [4.78, 5) is 42.6. The summed E-state index contributed by atoms with van der Waals surface area (Å²) in [6, 6.07) is 13.0. The summed E-state index contributed by atoms with van der Waals surface area (Å²) >= 11 is 0. The molecule has 2 saturated heterocycles. The lowest BCUT2D eigenvalue weighted by molar-refractivity contribution is -0.118. The lowest BCUT2D eigenvalue weighted by Gasteiger charge is -2.23. The maximum absolute atomic E-state index is 13.1. The molecule has 2 fully saturated rings. The van der Waals surface area contributed by atoms with Crippen LogP contribution in [0.5, 0.6) is 0 Å². The van der Waals surface area contributed by atoms with E-state index in [1.165, 1.54) is 0 Å². The van der Waals surface area contributed by atoms with E-state index < -0.39 is 5.97 Å². The number of rotatable bonds is 5. The van der Waals surface area contributed by atoms with Crippen molar-refractivity contribution in [3.63, 3.8) is 0 Å². The molecule has 3 aliphatic rings. The van der Waals surface area contributed by atoms with Crippen molar-refractivity contribution < 1.29 is 19.1 Å². The number of Topliss-reactive ketones (excluding diaryl/α,β-unsaturated/α-hetero) is 2. The van der Waals surface area contributed by atoms with Crippen molar-refractivity contribution in [2.45, 2.75) is 6.92 Å². The maximum Gasteiger partial charge on any atom is 0.339 e. The number of carbonyl (C=O) groups excluding carboxylic acids is 3. The van der Waals surface area contributed by atoms with Gasteiger partial charge in [0.2, 0.25) is 11.6 Å². The lowest BCUT2D eigenvalue weighted by atomic mass is 9.91. The SMILES string of the molecule is CC1=C(N2CC2)C(=O)C(COC(=O)c2cccc3ccccc23)=C(N2CC2)C1=O. The minimum atomic E-state index is -0.501. The summed E-state index contributed by atoms with van der Waals surface area (Å²) in [5.41, 5.74) is 2.07. The number of ether oxygens (including phenoxy) is 1. The van der Waals surface area contributed by atoms with Crippen LogP contribution >= 0.6 is 0 Å². The highest BCUT2D eigenvalue weighted by Gasteiger charge is 2.42. The fourth-order valence-corrected chi connectivity index (χ4v) is 3.86. The molecule has 0 saturated carbocycles. The van der Waals surface area contributed by atoms with Crippen molar-refractivity contribution in [3.8, 4) is 0 Å². The number of allylic oxidation sites excluding steroid dienone is 2. The fraction of sp³-hybridized carbons (Fsp3) is 0.261. The quantitative estimate of drug-likeness (QED) is 0.445. The molecule has 0 atom stereocenters. The number of ketones is 2. The molecule has 0 bridgehead atoms. The van der Waals surface area contributed by atoms with Gasteiger partial charge in [-0.05, 0) is 23.8 Å². The Labute approximate surface area is 168 Å². The summed E-state index contributed by atoms with van der Waals surface area (Å²) < 4.78 is 5.55. The number of fused-ring (bicyclic) bond motifs is 1. The summed E-state index contributed by atoms with van der Waals surface area (Å²) in [5, 5.41) is 1.74. The zero-order valence-corrected chi connectivity index (χ0v) is 16.1. The molecular weight excluding hydrogens is 368 g/mol. The molecular formula is C23H20N2O4. The molecule has 2 aromatic carbocycles. The molecule has 0 spiro atoms. The van der Waals surface area contributed by atoms with Crippen LogP contribution in [0.4, 0.5) is 0 Å². The molecule has 2 aromatic rings. The van der Waals surface area contributed by atoms with Gasteiger partial charge in [-0.1, -0.05) is 36.4 Å². The van der Waals surface area contributed by atoms with E-state index >= 15 is 0 Å². The highest BCUT2D eigenvalue weighted by atomic mass is 16.5. The predicted molar refractivity (Wildman–Crippen MR) is 107 cm³/mol. The molecule has 5 rings (SSSR count). The van der Waals surface area contributed by atoms with Gasteiger partial charge in [0.15, 0.2) is 0 Å². The topological polar surface area (TPSA) is 66.5 Å². The summed E-state index contributed by atoms with van der Waals surface area (Å²) in [6.07, 6.45) is 0. The molecule has 0 amide bonds. The van der Waals surface area contributed by atoms with Crippen molar-refractivity contribution in [3.05, 3.63) is 70.6 Å². The van der Waals surface area contributed by atoms with Gasteiger partial charge in [0, 0.05) is 31.8 Å². The van der Waals surface area contributed by atoms with E-state index in [4.69, 9.17) is 4.74 Å². The van der Waals surface area contributed by atoms with E-state index in [9.17, 15) is 14.4 Å². The second kappa shape index (κ2) is 6.58. The molecule has 0 aromatic heterocycles. The average Bonchev–Trinajstić information content (AvgIpc) is 3.63. The Morgan fingerprint density at radius 1 is 0.897 bits per heavy atom. The van der Waals surface area contributed by atoms with E-state index in [0.29, 0.717) is 22.5 Å². The number of nitrogens with zero attached hydrogens (tertiary/aromatic N) is 2. The molecule has 2 aliphatic heterocycles. The monoisotopic (exact) mass is 388 g/mol. The smallest absolute Gasteiger partial charge is 0.339 e. The zero-order valence-electron chi connectivity index (χ0n) is 16.1. The number of carbonyl (C=O) groups is 3. The molecule has 0 N–H and O–H groups in total. The van der Waals surface area contributed by atoms with Crippen molar-refractivity contribution in [2.75, 3.05) is 32.8 Å². The largest absolute Gasteiger partial charge is 0.457 e. The molecule has 0 radical (unpaired) electrons. The normalized spacial score (nSPS) is 18.7. The van der Waals surface area contributed by atoms with Crippen molar-refractivity contribution in [2.24, 2.45) is 0 Å². The number of hydrogen-bond donors (Lipinski definition) is 0. The van der Waals surface area contributed by atoms with E-state index in [1.807, 2.05) is 40.1 Å². The molecule has 146 valence electrons. The Balaban J connectivity index is 1.44. The molecule has 1 aliphatic carbocycles. The van der Waals surface area contributed by atoms with Gasteiger partial charge >= 0.3 is 5.97 Å². The van der Waals surface area contributed by atoms with Crippen LogP contribution in [0, 0.1) is 0 Å². The first-order chi connectivity index (χ1) is 14.1. The van der Waals surface area contributed by atoms with Crippen LogP contribution in [-0.4, -0.2) is 60.1 Å². The first-order valence-corrected chi connectivity index (χ1v) is 9.74. The Morgan fingerprint density at radius 2 is 1.55 bits per heavy atom. The van der Waals surface area contributed by atoms with Crippen molar-refractivity contribution in [1.29, 1.82) is 0 Å². The molecule has 6 heteroatoms. The van der Waals surface area contributed by atoms with Crippen LogP contribution in [0.3, 0.4) is 0 Å². The van der Waals surface area contributed by atoms with Gasteiger partial charge in [-0.2, -0.15) is 0 Å². The first kappa shape index (κ1) is 17.7. The van der Waals surface area contributed by atoms with Gasteiger partial charge in [0.25, 0.3) is 0 Å². The third kappa shape index (κ3) is 3.01. The lowest BCUT2D eigenvalue weighted by Crippen LogP contribution is -2.31. The minimum absolute atomic E-state index is 0.139. The van der Waals surface area contributed by atoms with Gasteiger partial charge in [0.1, 0.15) is 6.61 Å². The van der Waals surface area contributed by atoms with Crippen molar-refractivity contribution in [1.82, 2.24) is 9.80 Å². The first-order valence-electron chi connectivity index (χ1n) is 9.74. The highest BCUT2D eigenvalue weighted by molar-refractivity contribution is 6.25. The zero-order chi connectivity index (χ0) is 20.1. The molecule has 29 heavy (non-hydrogen) atoms. The van der Waals surface area contributed by atoms with E-state index in [-0.39, 0.29) is 23.7 Å². The average molecular weight is 388 g/mol. The summed E-state index contributed by atoms with van der Waals surface area (Å²) in [5.74, 6) is -0.841. The van der Waals surface area contributed by atoms with Crippen LogP contribution in [0.15, 0.2) is 65.0 Å². The van der Waals surface area contributed by atoms with E-state index in [1.54, 1.807) is 19.1 Å². The van der Waals surface area contributed by atoms with Crippen LogP contribution < -0.4 is 0 Å². The summed E-state index contributed by atoms with van der Waals surface area (Å²) in [7, 11) is 0. The van der Waals surface area contributed by atoms with Gasteiger partial charge in [0.05, 0.1) is 22.5 Å². The second-order valence-electron chi connectivity index (χ2n) is 7.54. The highest BCUT2D eigenvalue weighted by Crippen LogP contribution is 2.34. The van der Waals surface area contributed by atoms with Crippen LogP contribution in [0.1, 0.15) is 17.3 Å². The number of esters is 1. The Bertz CT molecular complexity index is 1130. The van der Waals surface area contributed by atoms with E-state index in [0.717, 1.165) is 37.0 Å². The standard InChI is InChI=1S/C23H20N2O4/c1-14-19(24-9-10-24)22(27)18(20(21(14)26)25-11-12-25)13-29-23(28)17-8-4-6-15-5-2-3-7-16(15)17/h2-8H,9-13H2,1H3. The Morgan fingerprint density at radius 3 is 2.28 bits per heavy atom. The van der Waals surface area contributed by atoms with Crippen LogP contribution in [0.2, 0.25) is 0 Å². The number of benzene rings is 2. The maximum atomic E-state index is 13.1. The predicted octanol–water partition coefficient (Wildman–Crippen LogP) is 2.31. The van der Waals surface area contributed by atoms with Gasteiger partial charge in [-0.15, -0.1) is 0 Å². The van der Waals surface area contributed by atoms with E-state index in [2.05, 4.69) is 0 Å². The van der Waals surface area contributed by atoms with Crippen LogP contribution in [-0.2, 0) is 14.3 Å². The van der Waals surface area contributed by atoms with Crippen LogP contribution in [0.25, 0.3) is 10.8 Å². The minimum Gasteiger partial charge on any atom is -0.457 e. The third-order valence-electron chi connectivity index (χ3n) is 5.57. The fourth-order valence-electron chi connectivity index (χ4n) is 3.86.